The van der Waals surface area contributed by atoms with E-state index in [-0.39, 0.29) is 12.0 Å². The van der Waals surface area contributed by atoms with E-state index in [1.54, 1.807) is 19.1 Å². The standard InChI is InChI=1S/C24H21N3O3S/c1-3-29-23(28)21-16(2)26-24-27(12-13-31-24)22(21)19-8-10-20(11-9-19)30-15-18-6-4-17(14-25)5-7-18/h4-13,22H,3,15H2,1-2H3. The Balaban J connectivity index is 1.54. The van der Waals surface area contributed by atoms with Gasteiger partial charge in [-0.15, -0.1) is 0 Å². The van der Waals surface area contributed by atoms with Gasteiger partial charge in [-0.25, -0.2) is 9.79 Å². The molecule has 0 saturated heterocycles. The summed E-state index contributed by atoms with van der Waals surface area (Å²) >= 11 is 1.53. The fourth-order valence-corrected chi connectivity index (χ4v) is 4.28. The summed E-state index contributed by atoms with van der Waals surface area (Å²) in [6.45, 7) is 4.36. The molecule has 2 heterocycles. The topological polar surface area (TPSA) is 74.9 Å². The number of thioether (sulfide) groups is 1. The van der Waals surface area contributed by atoms with Crippen LogP contribution < -0.4 is 4.74 Å². The van der Waals surface area contributed by atoms with Gasteiger partial charge in [0.25, 0.3) is 0 Å². The molecule has 0 amide bonds. The molecule has 0 saturated carbocycles. The maximum absolute atomic E-state index is 12.7. The number of hydrogen-bond acceptors (Lipinski definition) is 7. The first-order chi connectivity index (χ1) is 15.1. The molecule has 6 nitrogen and oxygen atoms in total. The van der Waals surface area contributed by atoms with E-state index in [2.05, 4.69) is 11.1 Å². The molecule has 0 radical (unpaired) electrons. The summed E-state index contributed by atoms with van der Waals surface area (Å²) in [7, 11) is 0. The summed E-state index contributed by atoms with van der Waals surface area (Å²) in [4.78, 5) is 19.3. The largest absolute Gasteiger partial charge is 0.489 e. The number of nitriles is 1. The highest BCUT2D eigenvalue weighted by atomic mass is 32.2. The Bertz CT molecular complexity index is 1110. The number of amidine groups is 1. The molecule has 0 N–H and O–H groups in total. The van der Waals surface area contributed by atoms with Crippen molar-refractivity contribution in [3.63, 3.8) is 0 Å². The van der Waals surface area contributed by atoms with Gasteiger partial charge in [0, 0.05) is 6.20 Å². The van der Waals surface area contributed by atoms with Crippen LogP contribution in [-0.2, 0) is 16.1 Å². The molecule has 0 fully saturated rings. The summed E-state index contributed by atoms with van der Waals surface area (Å²) in [5.41, 5.74) is 3.78. The predicted octanol–water partition coefficient (Wildman–Crippen LogP) is 4.91. The van der Waals surface area contributed by atoms with Crippen molar-refractivity contribution in [1.29, 1.82) is 5.26 Å². The number of aliphatic imine (C=N–C) groups is 1. The smallest absolute Gasteiger partial charge is 0.338 e. The van der Waals surface area contributed by atoms with Crippen LogP contribution in [0, 0.1) is 11.3 Å². The van der Waals surface area contributed by atoms with Crippen molar-refractivity contribution < 1.29 is 14.3 Å². The van der Waals surface area contributed by atoms with Gasteiger partial charge in [-0.2, -0.15) is 5.26 Å². The van der Waals surface area contributed by atoms with Crippen LogP contribution in [0.3, 0.4) is 0 Å². The van der Waals surface area contributed by atoms with E-state index in [1.165, 1.54) is 11.8 Å². The first-order valence-electron chi connectivity index (χ1n) is 9.90. The number of hydrogen-bond donors (Lipinski definition) is 0. The average Bonchev–Trinajstić information content (AvgIpc) is 3.25. The van der Waals surface area contributed by atoms with Crippen molar-refractivity contribution in [3.8, 4) is 11.8 Å². The molecule has 2 aliphatic rings. The maximum Gasteiger partial charge on any atom is 0.338 e. The number of carbonyl (C=O) groups is 1. The molecule has 7 heteroatoms. The lowest BCUT2D eigenvalue weighted by Gasteiger charge is -2.33. The van der Waals surface area contributed by atoms with Crippen LogP contribution in [0.25, 0.3) is 0 Å². The Morgan fingerprint density at radius 3 is 2.61 bits per heavy atom. The van der Waals surface area contributed by atoms with Crippen molar-refractivity contribution in [2.24, 2.45) is 4.99 Å². The Labute approximate surface area is 185 Å². The van der Waals surface area contributed by atoms with E-state index >= 15 is 0 Å². The van der Waals surface area contributed by atoms with Gasteiger partial charge < -0.3 is 14.4 Å². The molecule has 0 aromatic heterocycles. The van der Waals surface area contributed by atoms with E-state index in [4.69, 9.17) is 14.7 Å². The monoisotopic (exact) mass is 431 g/mol. The molecule has 0 bridgehead atoms. The third-order valence-electron chi connectivity index (χ3n) is 5.00. The van der Waals surface area contributed by atoms with Gasteiger partial charge >= 0.3 is 5.97 Å². The van der Waals surface area contributed by atoms with E-state index in [9.17, 15) is 4.79 Å². The molecular weight excluding hydrogens is 410 g/mol. The van der Waals surface area contributed by atoms with Crippen LogP contribution in [0.4, 0.5) is 0 Å². The first kappa shape index (κ1) is 20.8. The van der Waals surface area contributed by atoms with Crippen LogP contribution >= 0.6 is 11.8 Å². The molecule has 2 aromatic rings. The van der Waals surface area contributed by atoms with E-state index in [0.29, 0.717) is 30.0 Å². The highest BCUT2D eigenvalue weighted by molar-refractivity contribution is 8.16. The number of nitrogens with zero attached hydrogens (tertiary/aromatic N) is 3. The number of allylic oxidation sites excluding steroid dienone is 1. The molecule has 0 spiro atoms. The molecule has 31 heavy (non-hydrogen) atoms. The summed E-state index contributed by atoms with van der Waals surface area (Å²) in [6, 6.07) is 16.8. The minimum absolute atomic E-state index is 0.301. The van der Waals surface area contributed by atoms with Crippen molar-refractivity contribution >= 4 is 22.9 Å². The second-order valence-electron chi connectivity index (χ2n) is 6.99. The Morgan fingerprint density at radius 2 is 1.94 bits per heavy atom. The van der Waals surface area contributed by atoms with Crippen LogP contribution in [0.1, 0.15) is 36.6 Å². The highest BCUT2D eigenvalue weighted by Crippen LogP contribution is 2.41. The summed E-state index contributed by atoms with van der Waals surface area (Å²) < 4.78 is 11.2. The van der Waals surface area contributed by atoms with Crippen LogP contribution in [0.2, 0.25) is 0 Å². The van der Waals surface area contributed by atoms with Crippen LogP contribution in [0.15, 0.2) is 76.4 Å². The van der Waals surface area contributed by atoms with Crippen LogP contribution in [0.5, 0.6) is 5.75 Å². The minimum Gasteiger partial charge on any atom is -0.489 e. The molecule has 4 rings (SSSR count). The highest BCUT2D eigenvalue weighted by Gasteiger charge is 2.37. The Kier molecular flexibility index (Phi) is 6.10. The van der Waals surface area contributed by atoms with Crippen molar-refractivity contribution in [2.45, 2.75) is 26.5 Å². The number of ether oxygens (including phenoxy) is 2. The normalized spacial score (nSPS) is 17.1. The lowest BCUT2D eigenvalue weighted by atomic mass is 9.95. The average molecular weight is 432 g/mol. The molecule has 1 unspecified atom stereocenters. The van der Waals surface area contributed by atoms with E-state index < -0.39 is 0 Å². The van der Waals surface area contributed by atoms with E-state index in [1.807, 2.05) is 59.8 Å². The van der Waals surface area contributed by atoms with Gasteiger partial charge in [-0.3, -0.25) is 0 Å². The minimum atomic E-state index is -0.348. The van der Waals surface area contributed by atoms with Crippen molar-refractivity contribution in [3.05, 3.63) is 88.1 Å². The summed E-state index contributed by atoms with van der Waals surface area (Å²) in [5, 5.41) is 11.7. The lowest BCUT2D eigenvalue weighted by molar-refractivity contribution is -0.139. The third kappa shape index (κ3) is 4.35. The number of benzene rings is 2. The third-order valence-corrected chi connectivity index (χ3v) is 5.77. The van der Waals surface area contributed by atoms with Gasteiger partial charge in [-0.05, 0) is 54.6 Å². The quantitative estimate of drug-likeness (QED) is 0.605. The molecule has 1 atom stereocenters. The number of esters is 1. The second-order valence-corrected chi connectivity index (χ2v) is 7.87. The zero-order valence-electron chi connectivity index (χ0n) is 17.2. The Hall–Kier alpha value is -3.50. The lowest BCUT2D eigenvalue weighted by Crippen LogP contribution is -2.34. The fraction of sp³-hybridized carbons (Fsp3) is 0.208. The summed E-state index contributed by atoms with van der Waals surface area (Å²) in [6.07, 6.45) is 1.94. The second kappa shape index (κ2) is 9.11. The first-order valence-corrected chi connectivity index (χ1v) is 10.8. The number of rotatable bonds is 6. The zero-order valence-corrected chi connectivity index (χ0v) is 18.1. The number of carbonyl (C=O) groups excluding carboxylic acids is 1. The molecule has 2 aliphatic heterocycles. The molecule has 156 valence electrons. The molecule has 2 aromatic carbocycles. The summed E-state index contributed by atoms with van der Waals surface area (Å²) in [5.74, 6) is 0.377. The Morgan fingerprint density at radius 1 is 1.19 bits per heavy atom. The van der Waals surface area contributed by atoms with E-state index in [0.717, 1.165) is 22.0 Å². The predicted molar refractivity (Wildman–Crippen MR) is 120 cm³/mol. The van der Waals surface area contributed by atoms with Gasteiger partial charge in [0.05, 0.1) is 35.6 Å². The number of fused-ring (bicyclic) bond motifs is 1. The van der Waals surface area contributed by atoms with Gasteiger partial charge in [0.1, 0.15) is 12.4 Å². The molecule has 0 aliphatic carbocycles. The van der Waals surface area contributed by atoms with Crippen molar-refractivity contribution in [1.82, 2.24) is 4.90 Å². The van der Waals surface area contributed by atoms with Gasteiger partial charge in [0.15, 0.2) is 5.17 Å². The zero-order chi connectivity index (χ0) is 21.8. The SMILES string of the molecule is CCOC(=O)C1=C(C)N=C2SC=CN2C1c1ccc(OCc2ccc(C#N)cc2)cc1. The van der Waals surface area contributed by atoms with Crippen LogP contribution in [-0.4, -0.2) is 22.6 Å². The maximum atomic E-state index is 12.7. The molecular formula is C24H21N3O3S. The van der Waals surface area contributed by atoms with Gasteiger partial charge in [0.2, 0.25) is 0 Å². The van der Waals surface area contributed by atoms with Gasteiger partial charge in [-0.1, -0.05) is 36.0 Å². The van der Waals surface area contributed by atoms with Crippen molar-refractivity contribution in [2.75, 3.05) is 6.61 Å². The fourth-order valence-electron chi connectivity index (χ4n) is 3.49.